The van der Waals surface area contributed by atoms with Crippen molar-refractivity contribution in [2.24, 2.45) is 5.92 Å². The van der Waals surface area contributed by atoms with Crippen LogP contribution in [-0.2, 0) is 0 Å². The minimum Gasteiger partial charge on any atom is -0.310 e. The Labute approximate surface area is 110 Å². The van der Waals surface area contributed by atoms with Gasteiger partial charge in [-0.1, -0.05) is 49.1 Å². The summed E-state index contributed by atoms with van der Waals surface area (Å²) in [6, 6.07) is 8.47. The van der Waals surface area contributed by atoms with Gasteiger partial charge in [0.05, 0.1) is 0 Å². The second kappa shape index (κ2) is 6.42. The lowest BCUT2D eigenvalue weighted by atomic mass is 9.89. The fraction of sp³-hybridized carbons (Fsp3) is 0.600. The summed E-state index contributed by atoms with van der Waals surface area (Å²) in [6.45, 7) is 3.33. The van der Waals surface area contributed by atoms with E-state index < -0.39 is 0 Å². The van der Waals surface area contributed by atoms with Crippen LogP contribution in [0.15, 0.2) is 24.3 Å². The fourth-order valence-electron chi connectivity index (χ4n) is 2.67. The maximum Gasteiger partial charge on any atom is 0.0453 e. The highest BCUT2D eigenvalue weighted by molar-refractivity contribution is 6.31. The Morgan fingerprint density at radius 2 is 1.94 bits per heavy atom. The van der Waals surface area contributed by atoms with Gasteiger partial charge in [-0.3, -0.25) is 0 Å². The van der Waals surface area contributed by atoms with Crippen molar-refractivity contribution in [2.45, 2.75) is 45.1 Å². The van der Waals surface area contributed by atoms with Crippen molar-refractivity contribution < 1.29 is 0 Å². The Morgan fingerprint density at radius 3 is 2.65 bits per heavy atom. The maximum absolute atomic E-state index is 6.20. The molecule has 0 aliphatic heterocycles. The van der Waals surface area contributed by atoms with Gasteiger partial charge in [-0.05, 0) is 43.9 Å². The molecule has 0 aromatic heterocycles. The first kappa shape index (κ1) is 12.9. The number of hydrogen-bond acceptors (Lipinski definition) is 1. The van der Waals surface area contributed by atoms with Crippen LogP contribution < -0.4 is 5.32 Å². The van der Waals surface area contributed by atoms with E-state index in [-0.39, 0.29) is 0 Å². The zero-order chi connectivity index (χ0) is 12.1. The van der Waals surface area contributed by atoms with Crippen molar-refractivity contribution in [1.82, 2.24) is 5.32 Å². The molecule has 17 heavy (non-hydrogen) atoms. The monoisotopic (exact) mass is 251 g/mol. The van der Waals surface area contributed by atoms with Crippen LogP contribution in [0.1, 0.15) is 50.6 Å². The molecule has 0 bridgehead atoms. The predicted molar refractivity (Wildman–Crippen MR) is 74.4 cm³/mol. The van der Waals surface area contributed by atoms with E-state index in [1.54, 1.807) is 0 Å². The number of benzene rings is 1. The van der Waals surface area contributed by atoms with Crippen molar-refractivity contribution in [1.29, 1.82) is 0 Å². The van der Waals surface area contributed by atoms with E-state index in [2.05, 4.69) is 24.4 Å². The standard InChI is InChI=1S/C15H22ClN/c1-12(14-9-5-6-10-15(14)16)17-11-13-7-3-2-4-8-13/h5-6,9-10,12-13,17H,2-4,7-8,11H2,1H3. The molecule has 0 amide bonds. The summed E-state index contributed by atoms with van der Waals surface area (Å²) in [5.41, 5.74) is 1.21. The third-order valence-corrected chi connectivity index (χ3v) is 4.15. The highest BCUT2D eigenvalue weighted by atomic mass is 35.5. The highest BCUT2D eigenvalue weighted by Crippen LogP contribution is 2.25. The van der Waals surface area contributed by atoms with E-state index in [0.717, 1.165) is 17.5 Å². The first-order valence-electron chi connectivity index (χ1n) is 6.75. The molecule has 2 rings (SSSR count). The molecule has 1 N–H and O–H groups in total. The number of hydrogen-bond donors (Lipinski definition) is 1. The Balaban J connectivity index is 1.84. The van der Waals surface area contributed by atoms with Crippen LogP contribution in [0.25, 0.3) is 0 Å². The minimum atomic E-state index is 0.352. The molecule has 94 valence electrons. The van der Waals surface area contributed by atoms with Gasteiger partial charge in [0.15, 0.2) is 0 Å². The summed E-state index contributed by atoms with van der Waals surface area (Å²) in [6.07, 6.45) is 7.03. The van der Waals surface area contributed by atoms with Crippen LogP contribution in [0, 0.1) is 5.92 Å². The Kier molecular flexibility index (Phi) is 4.87. The third-order valence-electron chi connectivity index (χ3n) is 3.81. The summed E-state index contributed by atoms with van der Waals surface area (Å²) in [5.74, 6) is 0.869. The Bertz CT molecular complexity index is 345. The molecule has 0 radical (unpaired) electrons. The SMILES string of the molecule is CC(NCC1CCCCC1)c1ccccc1Cl. The van der Waals surface area contributed by atoms with E-state index in [9.17, 15) is 0 Å². The van der Waals surface area contributed by atoms with E-state index in [4.69, 9.17) is 11.6 Å². The molecule has 2 heteroatoms. The molecular formula is C15H22ClN. The lowest BCUT2D eigenvalue weighted by Crippen LogP contribution is -2.27. The fourth-order valence-corrected chi connectivity index (χ4v) is 2.97. The Hall–Kier alpha value is -0.530. The molecule has 0 saturated heterocycles. The van der Waals surface area contributed by atoms with Crippen molar-refractivity contribution in [2.75, 3.05) is 6.54 Å². The minimum absolute atomic E-state index is 0.352. The average Bonchev–Trinajstić information content (AvgIpc) is 2.38. The first-order chi connectivity index (χ1) is 8.27. The van der Waals surface area contributed by atoms with Gasteiger partial charge in [-0.25, -0.2) is 0 Å². The molecule has 1 unspecified atom stereocenters. The van der Waals surface area contributed by atoms with Crippen LogP contribution in [0.3, 0.4) is 0 Å². The summed E-state index contributed by atoms with van der Waals surface area (Å²) in [5, 5.41) is 4.50. The summed E-state index contributed by atoms with van der Waals surface area (Å²) in [7, 11) is 0. The molecule has 1 aromatic rings. The summed E-state index contributed by atoms with van der Waals surface area (Å²) < 4.78 is 0. The van der Waals surface area contributed by atoms with Crippen LogP contribution >= 0.6 is 11.6 Å². The second-order valence-electron chi connectivity index (χ2n) is 5.16. The predicted octanol–water partition coefficient (Wildman–Crippen LogP) is 4.57. The molecule has 1 saturated carbocycles. The van der Waals surface area contributed by atoms with Crippen LogP contribution in [0.4, 0.5) is 0 Å². The van der Waals surface area contributed by atoms with Crippen molar-refractivity contribution in [3.8, 4) is 0 Å². The largest absolute Gasteiger partial charge is 0.310 e. The molecule has 0 heterocycles. The number of nitrogens with one attached hydrogen (secondary N) is 1. The van der Waals surface area contributed by atoms with E-state index in [1.165, 1.54) is 37.7 Å². The van der Waals surface area contributed by atoms with Crippen LogP contribution in [-0.4, -0.2) is 6.54 Å². The van der Waals surface area contributed by atoms with Gasteiger partial charge >= 0.3 is 0 Å². The zero-order valence-electron chi connectivity index (χ0n) is 10.6. The lowest BCUT2D eigenvalue weighted by Gasteiger charge is -2.24. The summed E-state index contributed by atoms with van der Waals surface area (Å²) in [4.78, 5) is 0. The molecule has 1 nitrogen and oxygen atoms in total. The van der Waals surface area contributed by atoms with E-state index in [0.29, 0.717) is 6.04 Å². The van der Waals surface area contributed by atoms with Crippen LogP contribution in [0.5, 0.6) is 0 Å². The maximum atomic E-state index is 6.20. The normalized spacial score (nSPS) is 19.2. The van der Waals surface area contributed by atoms with Gasteiger partial charge in [-0.2, -0.15) is 0 Å². The van der Waals surface area contributed by atoms with Gasteiger partial charge in [0.2, 0.25) is 0 Å². The number of halogens is 1. The second-order valence-corrected chi connectivity index (χ2v) is 5.56. The first-order valence-corrected chi connectivity index (χ1v) is 7.13. The molecule has 1 aliphatic rings. The van der Waals surface area contributed by atoms with E-state index >= 15 is 0 Å². The van der Waals surface area contributed by atoms with Crippen LogP contribution in [0.2, 0.25) is 5.02 Å². The lowest BCUT2D eigenvalue weighted by molar-refractivity contribution is 0.331. The quantitative estimate of drug-likeness (QED) is 0.827. The average molecular weight is 252 g/mol. The van der Waals surface area contributed by atoms with Gasteiger partial charge < -0.3 is 5.32 Å². The van der Waals surface area contributed by atoms with Crippen molar-refractivity contribution >= 4 is 11.6 Å². The molecular weight excluding hydrogens is 230 g/mol. The zero-order valence-corrected chi connectivity index (χ0v) is 11.3. The van der Waals surface area contributed by atoms with Gasteiger partial charge in [0.25, 0.3) is 0 Å². The number of rotatable bonds is 4. The van der Waals surface area contributed by atoms with Gasteiger partial charge in [-0.15, -0.1) is 0 Å². The van der Waals surface area contributed by atoms with Gasteiger partial charge in [0.1, 0.15) is 0 Å². The smallest absolute Gasteiger partial charge is 0.0453 e. The van der Waals surface area contributed by atoms with Gasteiger partial charge in [0, 0.05) is 11.1 Å². The Morgan fingerprint density at radius 1 is 1.24 bits per heavy atom. The highest BCUT2D eigenvalue weighted by Gasteiger charge is 2.15. The van der Waals surface area contributed by atoms with E-state index in [1.807, 2.05) is 12.1 Å². The summed E-state index contributed by atoms with van der Waals surface area (Å²) >= 11 is 6.20. The molecule has 1 atom stereocenters. The third kappa shape index (κ3) is 3.72. The van der Waals surface area contributed by atoms with Crippen molar-refractivity contribution in [3.05, 3.63) is 34.9 Å². The molecule has 1 fully saturated rings. The van der Waals surface area contributed by atoms with Crippen molar-refractivity contribution in [3.63, 3.8) is 0 Å². The molecule has 0 spiro atoms. The molecule has 1 aliphatic carbocycles. The molecule has 1 aromatic carbocycles. The topological polar surface area (TPSA) is 12.0 Å².